The average Bonchev–Trinajstić information content (AvgIpc) is 3.06. The molecule has 0 radical (unpaired) electrons. The van der Waals surface area contributed by atoms with Gasteiger partial charge in [-0.2, -0.15) is 44.4 Å². The topological polar surface area (TPSA) is 38.9 Å². The molecule has 0 spiro atoms. The lowest BCUT2D eigenvalue weighted by Gasteiger charge is -2.77. The molecule has 22 saturated heterocycles. The van der Waals surface area contributed by atoms with Crippen LogP contribution in [0.3, 0.4) is 0 Å². The van der Waals surface area contributed by atoms with Crippen LogP contribution in [0, 0.1) is 0 Å². The van der Waals surface area contributed by atoms with Gasteiger partial charge in [0.1, 0.15) is 22.0 Å². The molecule has 42 heteroatoms. The highest BCUT2D eigenvalue weighted by atomic mass is 33.4. The van der Waals surface area contributed by atoms with E-state index < -0.39 is 134 Å². The van der Waals surface area contributed by atoms with Crippen molar-refractivity contribution in [2.24, 2.45) is 0 Å². The molecule has 22 fully saturated rings. The maximum Gasteiger partial charge on any atom is 0.185 e. The zero-order valence-corrected chi connectivity index (χ0v) is 85.5. The van der Waals surface area contributed by atoms with Crippen molar-refractivity contribution in [1.29, 1.82) is 0 Å². The van der Waals surface area contributed by atoms with E-state index in [2.05, 4.69) is 303 Å². The summed E-state index contributed by atoms with van der Waals surface area (Å²) < 4.78 is 31.6. The summed E-state index contributed by atoms with van der Waals surface area (Å²) in [6, 6.07) is 0. The minimum absolute atomic E-state index is 0.493. The molecule has 12 nitrogen and oxygen atoms in total. The van der Waals surface area contributed by atoms with E-state index in [4.69, 9.17) is 143 Å². The van der Waals surface area contributed by atoms with Gasteiger partial charge in [0.2, 0.25) is 0 Å². The first kappa shape index (κ1) is 86.9. The first-order valence-electron chi connectivity index (χ1n) is 29.9. The highest BCUT2D eigenvalue weighted by Crippen LogP contribution is 3.21. The van der Waals surface area contributed by atoms with Gasteiger partial charge in [0.05, 0.1) is 11.1 Å². The Balaban J connectivity index is 1.68. The molecule has 0 aromatic rings. The van der Waals surface area contributed by atoms with Gasteiger partial charge in [-0.3, -0.25) is 0 Å². The lowest BCUT2D eigenvalue weighted by atomic mass is 10.1. The summed E-state index contributed by atoms with van der Waals surface area (Å²) >= 11 is 103. The van der Waals surface area contributed by atoms with Gasteiger partial charge in [-0.1, -0.05) is 94.5 Å². The third kappa shape index (κ3) is 13.3. The molecule has 0 aromatic heterocycles. The van der Waals surface area contributed by atoms with Gasteiger partial charge in [-0.25, -0.2) is 0 Å². The fraction of sp³-hybridized carbons (Fsp3) is 1.00. The molecule has 0 N–H and O–H groups in total. The fourth-order valence-corrected chi connectivity index (χ4v) is 252. The summed E-state index contributed by atoms with van der Waals surface area (Å²) in [4.78, 5) is 0. The van der Waals surface area contributed by atoms with Crippen molar-refractivity contribution in [2.45, 2.75) is 316 Å². The van der Waals surface area contributed by atoms with Crippen LogP contribution in [0.5, 0.6) is 0 Å². The van der Waals surface area contributed by atoms with Crippen LogP contribution in [-0.4, -0.2) is 120 Å². The predicted molar refractivity (Wildman–Crippen MR) is 476 cm³/mol. The minimum Gasteiger partial charge on any atom is -0.498 e. The fourth-order valence-electron chi connectivity index (χ4n) is 13.2. The summed E-state index contributed by atoms with van der Waals surface area (Å²) in [7, 11) is 0. The zero-order chi connectivity index (χ0) is 71.2. The van der Waals surface area contributed by atoms with Crippen LogP contribution in [0.4, 0.5) is 0 Å². The quantitative estimate of drug-likeness (QED) is 0.171. The number of hydrogen-bond acceptors (Lipinski definition) is 20. The van der Waals surface area contributed by atoms with Crippen molar-refractivity contribution in [3.05, 3.63) is 0 Å². The molecule has 0 aliphatic carbocycles. The van der Waals surface area contributed by atoms with Gasteiger partial charge in [0, 0.05) is 55.4 Å². The Morgan fingerprint density at radius 3 is 0.389 bits per heavy atom. The molecule has 528 valence electrons. The Morgan fingerprint density at radius 1 is 0.200 bits per heavy atom. The third-order valence-corrected chi connectivity index (χ3v) is 154. The van der Waals surface area contributed by atoms with Gasteiger partial charge in [0.15, 0.2) is 67.3 Å². The number of hydrogen-bond donors (Lipinski definition) is 0. The Hall–Kier alpha value is 9.68. The van der Waals surface area contributed by atoms with E-state index in [1.165, 1.54) is 0 Å². The molecule has 22 rings (SSSR count). The predicted octanol–water partition coefficient (Wildman–Crippen LogP) is 26.4. The molecule has 22 aliphatic heterocycles. The van der Waals surface area contributed by atoms with Crippen molar-refractivity contribution in [2.75, 3.05) is 0 Å². The molecule has 90 heavy (non-hydrogen) atoms. The first-order valence-corrected chi connectivity index (χ1v) is 74.5. The molecule has 0 unspecified atom stereocenters. The summed E-state index contributed by atoms with van der Waals surface area (Å²) in [5, 5.41) is 0. The lowest BCUT2D eigenvalue weighted by molar-refractivity contribution is 0.289. The van der Waals surface area contributed by atoms with E-state index in [0.717, 1.165) is 0 Å². The van der Waals surface area contributed by atoms with Crippen LogP contribution in [-0.2, 0) is 143 Å². The summed E-state index contributed by atoms with van der Waals surface area (Å²) in [6.45, 7) is 82.9. The second-order valence-electron chi connectivity index (χ2n) is 35.9. The monoisotopic (exact) mass is 1800 g/mol. The lowest BCUT2D eigenvalue weighted by Crippen LogP contribution is -2.61. The normalized spacial score (nSPS) is 42.3. The largest absolute Gasteiger partial charge is 0.498 e. The summed E-state index contributed by atoms with van der Waals surface area (Å²) in [6.07, 6.45) is 0. The van der Waals surface area contributed by atoms with E-state index >= 15 is 0 Å². The SMILES string of the molecule is CC(C)(C)N1P2(=S)SP3(=S)N(C(C)(C)C)P(=S)(SP4(=S)N(C(C)(C)C)P(=S)(S[P+]5([S-])N(C(C)(C)C)[P+]([S-])(SP6(=S)N(C(C)(C)C)P(=S)(SP7(=S)N(C(C)(C)C)P(=S)(SP1(=S)N2C(C)(C)C)N7C(C)(C)C)N6C(C)(C)C)N5C(C)(C)C)N4C(C)(C)C)N3C(C)(C)C. The Morgan fingerprint density at radius 2 is 0.300 bits per heavy atom. The zero-order valence-electron chi connectivity index (χ0n) is 60.1. The highest BCUT2D eigenvalue weighted by molar-refractivity contribution is 9.17. The van der Waals surface area contributed by atoms with Gasteiger partial charge in [-0.05, 0) is 326 Å². The van der Waals surface area contributed by atoms with Crippen molar-refractivity contribution >= 4 is 276 Å². The van der Waals surface area contributed by atoms with Gasteiger partial charge < -0.3 is 24.5 Å². The molecule has 0 amide bonds. The number of rotatable bonds is 0. The van der Waals surface area contributed by atoms with Gasteiger partial charge >= 0.3 is 0 Å². The van der Waals surface area contributed by atoms with Crippen LogP contribution in [0.25, 0.3) is 0 Å². The second-order valence-corrected chi connectivity index (χ2v) is 119. The molecule has 0 aromatic carbocycles. The molecule has 12 bridgehead atoms. The van der Waals surface area contributed by atoms with Crippen molar-refractivity contribution in [3.8, 4) is 0 Å². The maximum atomic E-state index is 7.65. The van der Waals surface area contributed by atoms with E-state index in [9.17, 15) is 0 Å². The van der Waals surface area contributed by atoms with E-state index in [-0.39, 0.29) is 0 Å². The molecule has 0 saturated carbocycles. The Bertz CT molecular complexity index is 3140. The van der Waals surface area contributed by atoms with Crippen LogP contribution in [0.15, 0.2) is 0 Å². The first-order chi connectivity index (χ1) is 38.6. The Labute approximate surface area is 636 Å². The average molecular weight is 1800 g/mol. The van der Waals surface area contributed by atoms with E-state index in [1.807, 2.05) is 66.0 Å². The molecule has 0 atom stereocenters. The van der Waals surface area contributed by atoms with Gasteiger partial charge in [-0.15, -0.1) is 0 Å². The van der Waals surface area contributed by atoms with E-state index in [0.29, 0.717) is 0 Å². The van der Waals surface area contributed by atoms with Crippen LogP contribution >= 0.6 is 133 Å². The minimum atomic E-state index is -2.99. The number of nitrogens with zero attached hydrogens (tertiary/aromatic N) is 12. The maximum absolute atomic E-state index is 7.65. The molecule has 22 aliphatic rings. The standard InChI is InChI=1S/C48H108N12P12S18/c1-37(2,3)49-61(73)50(38(4,5)6)62(49,74)86-64(76)53(41(13,14)15)66(78,54(64)42(16,17)18)88-68(80)57(45(25,26)27)70(82,58(68)46(28,29)30)90-72(84)59(47(31,32)33)71(83,60(72)48(34,35)36)89-69(81)55(43(19,20)21)67(79,56(69)44(22,23)24)87-65(77)51(39(7,8)9)63(75,85-61)52(65)40(10,11)12/h1-36H3. The van der Waals surface area contributed by atoms with Crippen LogP contribution in [0.1, 0.15) is 249 Å². The van der Waals surface area contributed by atoms with Crippen molar-refractivity contribution in [1.82, 2.24) is 53.3 Å². The van der Waals surface area contributed by atoms with Crippen molar-refractivity contribution < 1.29 is 0 Å². The molecular formula is C48H108N12P12S18. The highest BCUT2D eigenvalue weighted by Gasteiger charge is 2.86. The van der Waals surface area contributed by atoms with Crippen LogP contribution in [0.2, 0.25) is 0 Å². The van der Waals surface area contributed by atoms with Crippen LogP contribution < -0.4 is 0 Å². The van der Waals surface area contributed by atoms with Crippen molar-refractivity contribution in [3.63, 3.8) is 0 Å². The second kappa shape index (κ2) is 24.6. The summed E-state index contributed by atoms with van der Waals surface area (Å²) in [5.41, 5.74) is -35.9. The van der Waals surface area contributed by atoms with E-state index in [1.54, 1.807) is 0 Å². The van der Waals surface area contributed by atoms with Gasteiger partial charge in [0.25, 0.3) is 0 Å². The smallest absolute Gasteiger partial charge is 0.185 e. The third-order valence-electron chi connectivity index (χ3n) is 14.2. The Kier molecular flexibility index (Phi) is 23.7. The summed E-state index contributed by atoms with van der Waals surface area (Å²) in [5.74, 6) is -5.99. The molecular weight excluding hydrogens is 1690 g/mol. The molecule has 22 heterocycles.